The van der Waals surface area contributed by atoms with Crippen molar-refractivity contribution in [3.63, 3.8) is 0 Å². The van der Waals surface area contributed by atoms with Crippen LogP contribution in [0.3, 0.4) is 0 Å². The van der Waals surface area contributed by atoms with Gasteiger partial charge in [0.15, 0.2) is 0 Å². The first-order valence-corrected chi connectivity index (χ1v) is 6.48. The van der Waals surface area contributed by atoms with Gasteiger partial charge in [0.1, 0.15) is 0 Å². The van der Waals surface area contributed by atoms with Crippen LogP contribution in [0.25, 0.3) is 0 Å². The van der Waals surface area contributed by atoms with Crippen LogP contribution in [0.5, 0.6) is 0 Å². The molecule has 2 heterocycles. The summed E-state index contributed by atoms with van der Waals surface area (Å²) in [5.74, 6) is 0.440. The predicted molar refractivity (Wildman–Crippen MR) is 68.2 cm³/mol. The van der Waals surface area contributed by atoms with E-state index in [1.165, 1.54) is 0 Å². The van der Waals surface area contributed by atoms with E-state index >= 15 is 0 Å². The Morgan fingerprint density at radius 1 is 1.65 bits per heavy atom. The molecule has 1 fully saturated rings. The predicted octanol–water partition coefficient (Wildman–Crippen LogP) is 1.68. The minimum Gasteiger partial charge on any atom is -0.381 e. The van der Waals surface area contributed by atoms with Gasteiger partial charge in [0, 0.05) is 26.1 Å². The molecular formula is C12H20ClN3O. The number of nitrogens with two attached hydrogens (primary N) is 1. The van der Waals surface area contributed by atoms with Gasteiger partial charge in [-0.3, -0.25) is 4.68 Å². The van der Waals surface area contributed by atoms with Crippen molar-refractivity contribution in [2.75, 3.05) is 13.2 Å². The molecule has 17 heavy (non-hydrogen) atoms. The van der Waals surface area contributed by atoms with E-state index in [0.717, 1.165) is 48.9 Å². The molecule has 0 bridgehead atoms. The lowest BCUT2D eigenvalue weighted by Gasteiger charge is -2.27. The molecule has 2 unspecified atom stereocenters. The summed E-state index contributed by atoms with van der Waals surface area (Å²) in [6.07, 6.45) is 3.02. The standard InChI is InChI=1S/C12H20ClN3O/c1-8-12(13)11(16(2)15-8)6-10(14)9-4-3-5-17-7-9/h9-10H,3-7,14H2,1-2H3. The molecule has 5 heteroatoms. The molecule has 1 aromatic heterocycles. The second-order valence-corrected chi connectivity index (χ2v) is 5.19. The van der Waals surface area contributed by atoms with Crippen molar-refractivity contribution in [1.29, 1.82) is 0 Å². The number of aromatic nitrogens is 2. The Kier molecular flexibility index (Phi) is 4.07. The zero-order valence-corrected chi connectivity index (χ0v) is 11.2. The lowest BCUT2D eigenvalue weighted by molar-refractivity contribution is 0.0448. The van der Waals surface area contributed by atoms with E-state index in [9.17, 15) is 0 Å². The van der Waals surface area contributed by atoms with E-state index in [4.69, 9.17) is 22.1 Å². The van der Waals surface area contributed by atoms with Gasteiger partial charge in [-0.1, -0.05) is 11.6 Å². The summed E-state index contributed by atoms with van der Waals surface area (Å²) >= 11 is 6.23. The Labute approximate surface area is 107 Å². The Bertz CT molecular complexity index is 385. The van der Waals surface area contributed by atoms with Crippen LogP contribution >= 0.6 is 11.6 Å². The summed E-state index contributed by atoms with van der Waals surface area (Å²) in [4.78, 5) is 0. The summed E-state index contributed by atoms with van der Waals surface area (Å²) in [6.45, 7) is 3.56. The molecule has 0 spiro atoms. The number of nitrogens with zero attached hydrogens (tertiary/aromatic N) is 2. The van der Waals surface area contributed by atoms with E-state index in [1.807, 2.05) is 18.7 Å². The maximum Gasteiger partial charge on any atom is 0.0847 e. The quantitative estimate of drug-likeness (QED) is 0.896. The summed E-state index contributed by atoms with van der Waals surface area (Å²) in [6, 6.07) is 0.0996. The molecule has 0 saturated carbocycles. The molecule has 1 aromatic rings. The second kappa shape index (κ2) is 5.38. The van der Waals surface area contributed by atoms with Crippen molar-refractivity contribution in [2.24, 2.45) is 18.7 Å². The fourth-order valence-electron chi connectivity index (χ4n) is 2.40. The number of hydrogen-bond donors (Lipinski definition) is 1. The van der Waals surface area contributed by atoms with Gasteiger partial charge in [-0.05, 0) is 25.7 Å². The van der Waals surface area contributed by atoms with Crippen LogP contribution in [0.15, 0.2) is 0 Å². The van der Waals surface area contributed by atoms with E-state index in [2.05, 4.69) is 5.10 Å². The highest BCUT2D eigenvalue weighted by atomic mass is 35.5. The topological polar surface area (TPSA) is 53.1 Å². The number of hydrogen-bond acceptors (Lipinski definition) is 3. The average Bonchev–Trinajstić information content (AvgIpc) is 2.57. The Balaban J connectivity index is 2.04. The van der Waals surface area contributed by atoms with Crippen molar-refractivity contribution in [1.82, 2.24) is 9.78 Å². The molecule has 1 aliphatic heterocycles. The molecule has 2 atom stereocenters. The van der Waals surface area contributed by atoms with Gasteiger partial charge < -0.3 is 10.5 Å². The van der Waals surface area contributed by atoms with E-state index in [0.29, 0.717) is 5.92 Å². The van der Waals surface area contributed by atoms with E-state index < -0.39 is 0 Å². The third kappa shape index (κ3) is 2.81. The van der Waals surface area contributed by atoms with Gasteiger partial charge in [-0.2, -0.15) is 5.10 Å². The molecule has 2 rings (SSSR count). The van der Waals surface area contributed by atoms with Crippen LogP contribution in [0, 0.1) is 12.8 Å². The highest BCUT2D eigenvalue weighted by molar-refractivity contribution is 6.31. The Morgan fingerprint density at radius 2 is 2.41 bits per heavy atom. The molecule has 0 aromatic carbocycles. The number of aryl methyl sites for hydroxylation is 2. The van der Waals surface area contributed by atoms with E-state index in [1.54, 1.807) is 0 Å². The van der Waals surface area contributed by atoms with Crippen LogP contribution in [0.1, 0.15) is 24.2 Å². The molecule has 0 aliphatic carbocycles. The normalized spacial score (nSPS) is 22.7. The van der Waals surface area contributed by atoms with Crippen LogP contribution in [-0.4, -0.2) is 29.0 Å². The maximum absolute atomic E-state index is 6.25. The first kappa shape index (κ1) is 12.9. The van der Waals surface area contributed by atoms with Gasteiger partial charge in [0.25, 0.3) is 0 Å². The van der Waals surface area contributed by atoms with Gasteiger partial charge in [0.2, 0.25) is 0 Å². The van der Waals surface area contributed by atoms with E-state index in [-0.39, 0.29) is 6.04 Å². The lowest BCUT2D eigenvalue weighted by Crippen LogP contribution is -2.37. The monoisotopic (exact) mass is 257 g/mol. The van der Waals surface area contributed by atoms with Crippen molar-refractivity contribution in [2.45, 2.75) is 32.2 Å². The largest absolute Gasteiger partial charge is 0.381 e. The van der Waals surface area contributed by atoms with Crippen LogP contribution < -0.4 is 5.73 Å². The summed E-state index contributed by atoms with van der Waals surface area (Å²) in [5, 5.41) is 5.06. The van der Waals surface area contributed by atoms with Crippen LogP contribution in [0.2, 0.25) is 5.02 Å². The molecule has 1 aliphatic rings. The lowest BCUT2D eigenvalue weighted by atomic mass is 9.91. The molecule has 1 saturated heterocycles. The molecule has 96 valence electrons. The first-order valence-electron chi connectivity index (χ1n) is 6.11. The molecular weight excluding hydrogens is 238 g/mol. The van der Waals surface area contributed by atoms with Crippen molar-refractivity contribution in [3.05, 3.63) is 16.4 Å². The minimum atomic E-state index is 0.0996. The highest BCUT2D eigenvalue weighted by Gasteiger charge is 2.23. The van der Waals surface area contributed by atoms with Gasteiger partial charge in [-0.25, -0.2) is 0 Å². The summed E-state index contributed by atoms with van der Waals surface area (Å²) < 4.78 is 7.31. The third-order valence-corrected chi connectivity index (χ3v) is 3.98. The molecule has 4 nitrogen and oxygen atoms in total. The molecule has 0 amide bonds. The number of ether oxygens (including phenoxy) is 1. The number of rotatable bonds is 3. The third-order valence-electron chi connectivity index (χ3n) is 3.49. The Morgan fingerprint density at radius 3 is 2.94 bits per heavy atom. The van der Waals surface area contributed by atoms with Crippen LogP contribution in [-0.2, 0) is 18.2 Å². The maximum atomic E-state index is 6.25. The van der Waals surface area contributed by atoms with Crippen molar-refractivity contribution >= 4 is 11.6 Å². The number of halogens is 1. The SMILES string of the molecule is Cc1nn(C)c(CC(N)C2CCCOC2)c1Cl. The molecule has 0 radical (unpaired) electrons. The smallest absolute Gasteiger partial charge is 0.0847 e. The Hall–Kier alpha value is -0.580. The zero-order valence-electron chi connectivity index (χ0n) is 10.4. The highest BCUT2D eigenvalue weighted by Crippen LogP contribution is 2.24. The summed E-state index contributed by atoms with van der Waals surface area (Å²) in [5.41, 5.74) is 8.15. The molecule has 2 N–H and O–H groups in total. The van der Waals surface area contributed by atoms with Gasteiger partial charge >= 0.3 is 0 Å². The van der Waals surface area contributed by atoms with Crippen LogP contribution in [0.4, 0.5) is 0 Å². The fourth-order valence-corrected chi connectivity index (χ4v) is 2.63. The summed E-state index contributed by atoms with van der Waals surface area (Å²) in [7, 11) is 1.91. The van der Waals surface area contributed by atoms with Gasteiger partial charge in [0.05, 0.1) is 23.0 Å². The average molecular weight is 258 g/mol. The second-order valence-electron chi connectivity index (χ2n) is 4.81. The fraction of sp³-hybridized carbons (Fsp3) is 0.750. The van der Waals surface area contributed by atoms with Crippen molar-refractivity contribution < 1.29 is 4.74 Å². The van der Waals surface area contributed by atoms with Gasteiger partial charge in [-0.15, -0.1) is 0 Å². The minimum absolute atomic E-state index is 0.0996. The van der Waals surface area contributed by atoms with Crippen molar-refractivity contribution in [3.8, 4) is 0 Å². The zero-order chi connectivity index (χ0) is 12.4. The first-order chi connectivity index (χ1) is 8.09.